The smallest absolute Gasteiger partial charge is 0.238 e. The van der Waals surface area contributed by atoms with E-state index in [2.05, 4.69) is 10.6 Å². The van der Waals surface area contributed by atoms with Crippen LogP contribution in [0.15, 0.2) is 30.3 Å². The van der Waals surface area contributed by atoms with Crippen molar-refractivity contribution in [2.24, 2.45) is 0 Å². The predicted octanol–water partition coefficient (Wildman–Crippen LogP) is 3.19. The molecule has 1 atom stereocenters. The molecule has 1 aliphatic heterocycles. The van der Waals surface area contributed by atoms with Gasteiger partial charge in [0.25, 0.3) is 0 Å². The number of amides is 1. The van der Waals surface area contributed by atoms with Crippen molar-refractivity contribution in [3.63, 3.8) is 0 Å². The third-order valence-electron chi connectivity index (χ3n) is 4.18. The highest BCUT2D eigenvalue weighted by atomic mass is 19.2. The number of nitrogens with one attached hydrogen (secondary N) is 2. The molecule has 142 valence electrons. The van der Waals surface area contributed by atoms with E-state index < -0.39 is 17.5 Å². The van der Waals surface area contributed by atoms with Crippen LogP contribution in [0.2, 0.25) is 0 Å². The highest BCUT2D eigenvalue weighted by Gasteiger charge is 2.20. The van der Waals surface area contributed by atoms with Gasteiger partial charge >= 0.3 is 0 Å². The molecule has 0 unspecified atom stereocenters. The van der Waals surface area contributed by atoms with Gasteiger partial charge in [0.05, 0.1) is 12.2 Å². The molecular weight excluding hydrogens is 358 g/mol. The fraction of sp³-hybridized carbons (Fsp3) is 0.263. The first kappa shape index (κ1) is 18.8. The number of carbonyl (C=O) groups excluding carboxylic acids is 2. The third-order valence-corrected chi connectivity index (χ3v) is 4.18. The maximum Gasteiger partial charge on any atom is 0.238 e. The van der Waals surface area contributed by atoms with Gasteiger partial charge in [-0.1, -0.05) is 6.07 Å². The van der Waals surface area contributed by atoms with E-state index in [1.54, 1.807) is 6.92 Å². The van der Waals surface area contributed by atoms with E-state index in [4.69, 9.17) is 9.47 Å². The summed E-state index contributed by atoms with van der Waals surface area (Å²) in [4.78, 5) is 24.1. The molecule has 2 aromatic carbocycles. The number of hydrogen-bond donors (Lipinski definition) is 2. The first-order chi connectivity index (χ1) is 12.8. The largest absolute Gasteiger partial charge is 0.454 e. The number of anilines is 1. The molecule has 0 bridgehead atoms. The maximum atomic E-state index is 13.3. The van der Waals surface area contributed by atoms with Gasteiger partial charge in [0.15, 0.2) is 28.9 Å². The molecule has 0 fully saturated rings. The molecule has 0 aromatic heterocycles. The summed E-state index contributed by atoms with van der Waals surface area (Å²) in [6.45, 7) is 3.07. The molecule has 0 spiro atoms. The number of benzene rings is 2. The van der Waals surface area contributed by atoms with Crippen LogP contribution in [0.25, 0.3) is 0 Å². The number of carbonyl (C=O) groups is 2. The second-order valence-electron chi connectivity index (χ2n) is 6.13. The molecular formula is C19H18F2N2O4. The highest BCUT2D eigenvalue weighted by Crippen LogP contribution is 2.37. The number of rotatable bonds is 6. The summed E-state index contributed by atoms with van der Waals surface area (Å²) in [7, 11) is 0. The molecule has 27 heavy (non-hydrogen) atoms. The molecule has 3 rings (SSSR count). The zero-order valence-electron chi connectivity index (χ0n) is 14.8. The number of fused-ring (bicyclic) bond motifs is 1. The molecule has 0 saturated heterocycles. The van der Waals surface area contributed by atoms with Gasteiger partial charge in [0, 0.05) is 17.7 Å². The summed E-state index contributed by atoms with van der Waals surface area (Å²) in [5, 5.41) is 5.58. The lowest BCUT2D eigenvalue weighted by Crippen LogP contribution is -2.30. The minimum atomic E-state index is -0.947. The normalized spacial score (nSPS) is 13.3. The number of hydrogen-bond acceptors (Lipinski definition) is 5. The van der Waals surface area contributed by atoms with Gasteiger partial charge in [-0.15, -0.1) is 0 Å². The molecule has 0 radical (unpaired) electrons. The second kappa shape index (κ2) is 7.71. The summed E-state index contributed by atoms with van der Waals surface area (Å²) < 4.78 is 36.8. The van der Waals surface area contributed by atoms with Crippen molar-refractivity contribution in [2.45, 2.75) is 19.9 Å². The van der Waals surface area contributed by atoms with Crippen LogP contribution in [-0.4, -0.2) is 25.0 Å². The fourth-order valence-corrected chi connectivity index (χ4v) is 2.68. The quantitative estimate of drug-likeness (QED) is 0.758. The zero-order chi connectivity index (χ0) is 19.6. The summed E-state index contributed by atoms with van der Waals surface area (Å²) in [5.74, 6) is -1.61. The van der Waals surface area contributed by atoms with Crippen LogP contribution >= 0.6 is 0 Å². The minimum Gasteiger partial charge on any atom is -0.454 e. The molecule has 1 amide bonds. The zero-order valence-corrected chi connectivity index (χ0v) is 14.8. The van der Waals surface area contributed by atoms with Crippen molar-refractivity contribution in [3.8, 4) is 11.5 Å². The molecule has 6 nitrogen and oxygen atoms in total. The first-order valence-electron chi connectivity index (χ1n) is 8.28. The second-order valence-corrected chi connectivity index (χ2v) is 6.13. The van der Waals surface area contributed by atoms with Gasteiger partial charge in [-0.25, -0.2) is 8.78 Å². The lowest BCUT2D eigenvalue weighted by Gasteiger charge is -2.15. The number of Topliss-reactive ketones (excluding diaryl/α,β-unsaturated/α-hetero) is 1. The van der Waals surface area contributed by atoms with E-state index in [0.29, 0.717) is 28.3 Å². The Kier molecular flexibility index (Phi) is 5.36. The summed E-state index contributed by atoms with van der Waals surface area (Å²) in [5.41, 5.74) is 1.13. The van der Waals surface area contributed by atoms with Crippen molar-refractivity contribution >= 4 is 17.4 Å². The van der Waals surface area contributed by atoms with Crippen molar-refractivity contribution in [3.05, 3.63) is 53.1 Å². The Labute approximate surface area is 154 Å². The van der Waals surface area contributed by atoms with Crippen LogP contribution in [-0.2, 0) is 4.79 Å². The first-order valence-corrected chi connectivity index (χ1v) is 8.28. The lowest BCUT2D eigenvalue weighted by molar-refractivity contribution is -0.115. The summed E-state index contributed by atoms with van der Waals surface area (Å²) in [6.07, 6.45) is 0. The van der Waals surface area contributed by atoms with Crippen LogP contribution in [0.1, 0.15) is 35.8 Å². The molecule has 2 N–H and O–H groups in total. The van der Waals surface area contributed by atoms with Gasteiger partial charge in [0.1, 0.15) is 0 Å². The van der Waals surface area contributed by atoms with E-state index in [0.717, 1.165) is 12.1 Å². The molecule has 0 aliphatic carbocycles. The van der Waals surface area contributed by atoms with Gasteiger partial charge in [0.2, 0.25) is 12.7 Å². The van der Waals surface area contributed by atoms with Crippen LogP contribution in [0.5, 0.6) is 11.5 Å². The number of ketones is 1. The number of ether oxygens (including phenoxy) is 2. The van der Waals surface area contributed by atoms with Crippen LogP contribution in [0.3, 0.4) is 0 Å². The average Bonchev–Trinajstić information content (AvgIpc) is 3.08. The Morgan fingerprint density at radius 1 is 1.11 bits per heavy atom. The van der Waals surface area contributed by atoms with E-state index in [-0.39, 0.29) is 25.2 Å². The van der Waals surface area contributed by atoms with Crippen molar-refractivity contribution < 1.29 is 27.8 Å². The van der Waals surface area contributed by atoms with Gasteiger partial charge in [-0.05, 0) is 37.6 Å². The molecule has 0 saturated carbocycles. The van der Waals surface area contributed by atoms with E-state index >= 15 is 0 Å². The van der Waals surface area contributed by atoms with Crippen LogP contribution in [0, 0.1) is 11.6 Å². The van der Waals surface area contributed by atoms with Gasteiger partial charge in [-0.3, -0.25) is 9.59 Å². The Bertz CT molecular complexity index is 902. The molecule has 1 heterocycles. The van der Waals surface area contributed by atoms with Crippen LogP contribution in [0.4, 0.5) is 14.5 Å². The molecule has 1 aliphatic rings. The third kappa shape index (κ3) is 4.22. The maximum absolute atomic E-state index is 13.3. The fourth-order valence-electron chi connectivity index (χ4n) is 2.68. The monoisotopic (exact) mass is 376 g/mol. The Balaban J connectivity index is 1.65. The van der Waals surface area contributed by atoms with Crippen LogP contribution < -0.4 is 20.1 Å². The highest BCUT2D eigenvalue weighted by molar-refractivity contribution is 6.05. The average molecular weight is 376 g/mol. The van der Waals surface area contributed by atoms with Gasteiger partial charge in [-0.2, -0.15) is 0 Å². The SMILES string of the molecule is CC(=O)c1cc2c(cc1NC(=O)CN[C@H](C)c1ccc(F)c(F)c1)OCO2. The standard InChI is InChI=1S/C19H18F2N2O4/c1-10(12-3-4-14(20)15(21)5-12)22-8-19(25)23-16-7-18-17(26-9-27-18)6-13(16)11(2)24/h3-7,10,22H,8-9H2,1-2H3,(H,23,25)/t10-/m1/s1. The van der Waals surface area contributed by atoms with Crippen molar-refractivity contribution in [1.29, 1.82) is 0 Å². The number of halogens is 2. The Hall–Kier alpha value is -3.00. The minimum absolute atomic E-state index is 0.0530. The lowest BCUT2D eigenvalue weighted by atomic mass is 10.1. The summed E-state index contributed by atoms with van der Waals surface area (Å²) >= 11 is 0. The summed E-state index contributed by atoms with van der Waals surface area (Å²) in [6, 6.07) is 6.24. The predicted molar refractivity (Wildman–Crippen MR) is 94.0 cm³/mol. The topological polar surface area (TPSA) is 76.7 Å². The van der Waals surface area contributed by atoms with Gasteiger partial charge < -0.3 is 20.1 Å². The Morgan fingerprint density at radius 2 is 1.81 bits per heavy atom. The van der Waals surface area contributed by atoms with Crippen molar-refractivity contribution in [2.75, 3.05) is 18.7 Å². The molecule has 8 heteroatoms. The Morgan fingerprint density at radius 3 is 2.48 bits per heavy atom. The van der Waals surface area contributed by atoms with Crippen molar-refractivity contribution in [1.82, 2.24) is 5.32 Å². The molecule has 2 aromatic rings. The van der Waals surface area contributed by atoms with E-state index in [1.165, 1.54) is 25.1 Å². The van der Waals surface area contributed by atoms with E-state index in [1.807, 2.05) is 0 Å². The van der Waals surface area contributed by atoms with E-state index in [9.17, 15) is 18.4 Å².